The van der Waals surface area contributed by atoms with Crippen LogP contribution in [0.5, 0.6) is 0 Å². The maximum absolute atomic E-state index is 12.5. The lowest BCUT2D eigenvalue weighted by Gasteiger charge is -2.35. The summed E-state index contributed by atoms with van der Waals surface area (Å²) in [6, 6.07) is 13.7. The summed E-state index contributed by atoms with van der Waals surface area (Å²) in [4.78, 5) is 49.6. The first-order chi connectivity index (χ1) is 16.3. The largest absolute Gasteiger partial charge is 0.481 e. The number of para-hydroxylation sites is 1. The summed E-state index contributed by atoms with van der Waals surface area (Å²) in [6.07, 6.45) is 2.39. The fourth-order valence-corrected chi connectivity index (χ4v) is 3.97. The standard InChI is InChI=1S/C25H30N4O5/c1-17-6-2-3-8-21(17)28-25(34)27-19-11-9-18(10-12-19)14-22(30)26-16-23(31)29-13-5-4-7-20(29)15-24(32)33/h2-3,6,8-12,20H,4-5,7,13-16H2,1H3,(H,26,30)(H,32,33)(H2,27,28,34). The van der Waals surface area contributed by atoms with Crippen molar-refractivity contribution in [2.75, 3.05) is 23.7 Å². The first-order valence-electron chi connectivity index (χ1n) is 11.3. The van der Waals surface area contributed by atoms with E-state index in [4.69, 9.17) is 5.11 Å². The van der Waals surface area contributed by atoms with Crippen LogP contribution in [0.2, 0.25) is 0 Å². The zero-order valence-electron chi connectivity index (χ0n) is 19.2. The van der Waals surface area contributed by atoms with Gasteiger partial charge < -0.3 is 26.0 Å². The molecule has 3 rings (SSSR count). The normalized spacial score (nSPS) is 15.3. The average molecular weight is 467 g/mol. The summed E-state index contributed by atoms with van der Waals surface area (Å²) in [5, 5.41) is 17.2. The second-order valence-electron chi connectivity index (χ2n) is 8.38. The molecular weight excluding hydrogens is 436 g/mol. The molecule has 1 aliphatic rings. The zero-order valence-corrected chi connectivity index (χ0v) is 19.2. The molecule has 1 aliphatic heterocycles. The van der Waals surface area contributed by atoms with Gasteiger partial charge in [-0.05, 0) is 55.5 Å². The molecule has 34 heavy (non-hydrogen) atoms. The third-order valence-corrected chi connectivity index (χ3v) is 5.76. The van der Waals surface area contributed by atoms with Crippen LogP contribution in [0.1, 0.15) is 36.8 Å². The van der Waals surface area contributed by atoms with Gasteiger partial charge in [0, 0.05) is 24.0 Å². The minimum Gasteiger partial charge on any atom is -0.481 e. The Bertz CT molecular complexity index is 1040. The number of carbonyl (C=O) groups excluding carboxylic acids is 3. The molecule has 1 atom stereocenters. The molecule has 1 fully saturated rings. The van der Waals surface area contributed by atoms with Crippen molar-refractivity contribution in [2.24, 2.45) is 0 Å². The predicted molar refractivity (Wildman–Crippen MR) is 129 cm³/mol. The fourth-order valence-electron chi connectivity index (χ4n) is 3.97. The highest BCUT2D eigenvalue weighted by Gasteiger charge is 2.28. The minimum atomic E-state index is -0.931. The van der Waals surface area contributed by atoms with Crippen molar-refractivity contribution in [3.63, 3.8) is 0 Å². The number of urea groups is 1. The molecule has 2 aromatic carbocycles. The van der Waals surface area contributed by atoms with E-state index in [0.717, 1.165) is 29.7 Å². The molecule has 180 valence electrons. The lowest BCUT2D eigenvalue weighted by molar-refractivity contribution is -0.142. The zero-order chi connectivity index (χ0) is 24.5. The minimum absolute atomic E-state index is 0.0803. The maximum Gasteiger partial charge on any atom is 0.323 e. The summed E-state index contributed by atoms with van der Waals surface area (Å²) < 4.78 is 0. The first kappa shape index (κ1) is 24.8. The number of nitrogens with one attached hydrogen (secondary N) is 3. The van der Waals surface area contributed by atoms with Crippen LogP contribution in [-0.4, -0.2) is 53.0 Å². The van der Waals surface area contributed by atoms with Crippen LogP contribution in [0.3, 0.4) is 0 Å². The van der Waals surface area contributed by atoms with Crippen LogP contribution in [0.25, 0.3) is 0 Å². The summed E-state index contributed by atoms with van der Waals surface area (Å²) in [7, 11) is 0. The van der Waals surface area contributed by atoms with Gasteiger partial charge in [0.15, 0.2) is 0 Å². The predicted octanol–water partition coefficient (Wildman–Crippen LogP) is 3.15. The molecule has 9 nitrogen and oxygen atoms in total. The number of anilines is 2. The number of likely N-dealkylation sites (tertiary alicyclic amines) is 1. The molecule has 1 heterocycles. The Labute approximate surface area is 198 Å². The molecule has 0 saturated carbocycles. The van der Waals surface area contributed by atoms with Crippen LogP contribution < -0.4 is 16.0 Å². The molecule has 0 radical (unpaired) electrons. The lowest BCUT2D eigenvalue weighted by Crippen LogP contribution is -2.48. The molecule has 0 aliphatic carbocycles. The van der Waals surface area contributed by atoms with Gasteiger partial charge in [-0.15, -0.1) is 0 Å². The van der Waals surface area contributed by atoms with Crippen LogP contribution in [-0.2, 0) is 20.8 Å². The number of benzene rings is 2. The Balaban J connectivity index is 1.45. The maximum atomic E-state index is 12.5. The van der Waals surface area contributed by atoms with Gasteiger partial charge in [-0.2, -0.15) is 0 Å². The number of hydrogen-bond donors (Lipinski definition) is 4. The third-order valence-electron chi connectivity index (χ3n) is 5.76. The van der Waals surface area contributed by atoms with Crippen molar-refractivity contribution in [3.05, 3.63) is 59.7 Å². The Morgan fingerprint density at radius 1 is 1.00 bits per heavy atom. The van der Waals surface area contributed by atoms with E-state index in [-0.39, 0.29) is 43.3 Å². The van der Waals surface area contributed by atoms with Crippen LogP contribution in [0.4, 0.5) is 16.2 Å². The molecule has 4 N–H and O–H groups in total. The lowest BCUT2D eigenvalue weighted by atomic mass is 9.99. The Morgan fingerprint density at radius 2 is 1.74 bits per heavy atom. The molecule has 9 heteroatoms. The van der Waals surface area contributed by atoms with Gasteiger partial charge in [0.1, 0.15) is 0 Å². The third kappa shape index (κ3) is 7.33. The van der Waals surface area contributed by atoms with Gasteiger partial charge in [-0.1, -0.05) is 30.3 Å². The van der Waals surface area contributed by atoms with E-state index in [0.29, 0.717) is 18.7 Å². The highest BCUT2D eigenvalue weighted by Crippen LogP contribution is 2.20. The van der Waals surface area contributed by atoms with Crippen molar-refractivity contribution in [3.8, 4) is 0 Å². The molecule has 4 amide bonds. The average Bonchev–Trinajstić information content (AvgIpc) is 2.80. The van der Waals surface area contributed by atoms with Gasteiger partial charge in [-0.25, -0.2) is 4.79 Å². The molecular formula is C25H30N4O5. The number of carbonyl (C=O) groups is 4. The number of hydrogen-bond acceptors (Lipinski definition) is 4. The van der Waals surface area contributed by atoms with Gasteiger partial charge in [0.2, 0.25) is 11.8 Å². The van der Waals surface area contributed by atoms with E-state index < -0.39 is 5.97 Å². The number of piperidine rings is 1. The van der Waals surface area contributed by atoms with Crippen LogP contribution in [0.15, 0.2) is 48.5 Å². The van der Waals surface area contributed by atoms with Crippen molar-refractivity contribution in [2.45, 2.75) is 45.1 Å². The highest BCUT2D eigenvalue weighted by atomic mass is 16.4. The Kier molecular flexibility index (Phi) is 8.61. The Morgan fingerprint density at radius 3 is 2.44 bits per heavy atom. The first-order valence-corrected chi connectivity index (χ1v) is 11.3. The summed E-state index contributed by atoms with van der Waals surface area (Å²) in [6.45, 7) is 2.26. The topological polar surface area (TPSA) is 128 Å². The van der Waals surface area contributed by atoms with Gasteiger partial charge >= 0.3 is 12.0 Å². The number of amides is 4. The van der Waals surface area contributed by atoms with Gasteiger partial charge in [0.25, 0.3) is 0 Å². The van der Waals surface area contributed by atoms with E-state index in [2.05, 4.69) is 16.0 Å². The number of aliphatic carboxylic acids is 1. The van der Waals surface area contributed by atoms with Crippen LogP contribution in [0, 0.1) is 6.92 Å². The van der Waals surface area contributed by atoms with E-state index in [1.165, 1.54) is 0 Å². The number of aryl methyl sites for hydroxylation is 1. The van der Waals surface area contributed by atoms with E-state index in [1.54, 1.807) is 29.2 Å². The molecule has 0 aromatic heterocycles. The smallest absolute Gasteiger partial charge is 0.323 e. The monoisotopic (exact) mass is 466 g/mol. The SMILES string of the molecule is Cc1ccccc1NC(=O)Nc1ccc(CC(=O)NCC(=O)N2CCCCC2CC(=O)O)cc1. The van der Waals surface area contributed by atoms with E-state index >= 15 is 0 Å². The fraction of sp³-hybridized carbons (Fsp3) is 0.360. The number of rotatable bonds is 8. The Hall–Kier alpha value is -3.88. The number of nitrogens with zero attached hydrogens (tertiary/aromatic N) is 1. The summed E-state index contributed by atoms with van der Waals surface area (Å²) in [5.74, 6) is -1.50. The summed E-state index contributed by atoms with van der Waals surface area (Å²) in [5.41, 5.74) is 2.99. The molecule has 1 saturated heterocycles. The van der Waals surface area contributed by atoms with Crippen molar-refractivity contribution >= 4 is 35.2 Å². The number of carboxylic acid groups (broad SMARTS) is 1. The number of carboxylic acids is 1. The van der Waals surface area contributed by atoms with Crippen molar-refractivity contribution in [1.82, 2.24) is 10.2 Å². The molecule has 0 spiro atoms. The van der Waals surface area contributed by atoms with Crippen LogP contribution >= 0.6 is 0 Å². The molecule has 0 bridgehead atoms. The molecule has 2 aromatic rings. The summed E-state index contributed by atoms with van der Waals surface area (Å²) >= 11 is 0. The van der Waals surface area contributed by atoms with Crippen molar-refractivity contribution < 1.29 is 24.3 Å². The molecule has 1 unspecified atom stereocenters. The second-order valence-corrected chi connectivity index (χ2v) is 8.38. The van der Waals surface area contributed by atoms with E-state index in [1.807, 2.05) is 31.2 Å². The van der Waals surface area contributed by atoms with E-state index in [9.17, 15) is 19.2 Å². The van der Waals surface area contributed by atoms with Gasteiger partial charge in [-0.3, -0.25) is 14.4 Å². The highest BCUT2D eigenvalue weighted by molar-refractivity contribution is 6.00. The second kappa shape index (κ2) is 11.8. The quantitative estimate of drug-likeness (QED) is 0.475. The van der Waals surface area contributed by atoms with Gasteiger partial charge in [0.05, 0.1) is 19.4 Å². The van der Waals surface area contributed by atoms with Crippen molar-refractivity contribution in [1.29, 1.82) is 0 Å².